The Morgan fingerprint density at radius 3 is 2.31 bits per heavy atom. The first kappa shape index (κ1) is 14.9. The van der Waals surface area contributed by atoms with E-state index in [1.54, 1.807) is 6.92 Å². The fourth-order valence-corrected chi connectivity index (χ4v) is 1.30. The maximum absolute atomic E-state index is 11.3. The summed E-state index contributed by atoms with van der Waals surface area (Å²) in [5.74, 6) is -0.742. The lowest BCUT2D eigenvalue weighted by Gasteiger charge is -2.17. The van der Waals surface area contributed by atoms with Crippen molar-refractivity contribution in [3.8, 4) is 0 Å². The molecule has 0 fully saturated rings. The van der Waals surface area contributed by atoms with Crippen LogP contribution in [0.25, 0.3) is 0 Å². The fraction of sp³-hybridized carbons (Fsp3) is 0.818. The van der Waals surface area contributed by atoms with Crippen molar-refractivity contribution in [3.63, 3.8) is 0 Å². The van der Waals surface area contributed by atoms with Crippen molar-refractivity contribution in [1.82, 2.24) is 10.2 Å². The number of carbonyl (C=O) groups excluding carboxylic acids is 2. The van der Waals surface area contributed by atoms with Gasteiger partial charge in [-0.15, -0.1) is 0 Å². The summed E-state index contributed by atoms with van der Waals surface area (Å²) in [6, 6.07) is 0. The molecule has 0 aliphatic heterocycles. The van der Waals surface area contributed by atoms with E-state index < -0.39 is 5.97 Å². The van der Waals surface area contributed by atoms with Crippen molar-refractivity contribution in [2.75, 3.05) is 32.8 Å². The Morgan fingerprint density at radius 1 is 1.19 bits per heavy atom. The summed E-state index contributed by atoms with van der Waals surface area (Å²) in [5, 5.41) is 2.69. The lowest BCUT2D eigenvalue weighted by molar-refractivity contribution is -0.145. The van der Waals surface area contributed by atoms with Crippen LogP contribution in [0.1, 0.15) is 27.2 Å². The smallest absolute Gasteiger partial charge is 0.315 e. The van der Waals surface area contributed by atoms with Crippen LogP contribution in [0.15, 0.2) is 0 Å². The molecule has 0 unspecified atom stereocenters. The lowest BCUT2D eigenvalue weighted by atomic mass is 10.4. The SMILES string of the molecule is CCOC(=O)CC(=O)NCCN(CC)CC. The average molecular weight is 230 g/mol. The minimum atomic E-state index is -0.470. The number of amides is 1. The largest absolute Gasteiger partial charge is 0.466 e. The first-order chi connectivity index (χ1) is 7.63. The van der Waals surface area contributed by atoms with E-state index in [1.807, 2.05) is 0 Å². The minimum absolute atomic E-state index is 0.188. The summed E-state index contributed by atoms with van der Waals surface area (Å²) in [7, 11) is 0. The summed E-state index contributed by atoms with van der Waals surface area (Å²) in [4.78, 5) is 24.4. The van der Waals surface area contributed by atoms with Crippen LogP contribution in [0.5, 0.6) is 0 Å². The van der Waals surface area contributed by atoms with Gasteiger partial charge >= 0.3 is 5.97 Å². The third kappa shape index (κ3) is 7.23. The molecule has 0 saturated carbocycles. The number of hydrogen-bond donors (Lipinski definition) is 1. The molecule has 1 amide bonds. The Morgan fingerprint density at radius 2 is 1.81 bits per heavy atom. The van der Waals surface area contributed by atoms with Gasteiger partial charge < -0.3 is 15.0 Å². The van der Waals surface area contributed by atoms with Crippen molar-refractivity contribution in [1.29, 1.82) is 0 Å². The topological polar surface area (TPSA) is 58.6 Å². The van der Waals surface area contributed by atoms with Crippen molar-refractivity contribution in [2.24, 2.45) is 0 Å². The monoisotopic (exact) mass is 230 g/mol. The number of nitrogens with one attached hydrogen (secondary N) is 1. The number of esters is 1. The third-order valence-electron chi connectivity index (χ3n) is 2.25. The Bertz CT molecular complexity index is 215. The van der Waals surface area contributed by atoms with Gasteiger partial charge in [-0.3, -0.25) is 9.59 Å². The van der Waals surface area contributed by atoms with E-state index in [2.05, 4.69) is 28.8 Å². The zero-order chi connectivity index (χ0) is 12.4. The first-order valence-electron chi connectivity index (χ1n) is 5.78. The van der Waals surface area contributed by atoms with Gasteiger partial charge in [-0.2, -0.15) is 0 Å². The maximum Gasteiger partial charge on any atom is 0.315 e. The van der Waals surface area contributed by atoms with Gasteiger partial charge in [0.05, 0.1) is 6.61 Å². The van der Waals surface area contributed by atoms with Crippen LogP contribution >= 0.6 is 0 Å². The summed E-state index contributed by atoms with van der Waals surface area (Å²) < 4.78 is 4.67. The second-order valence-electron chi connectivity index (χ2n) is 3.36. The molecule has 5 nitrogen and oxygen atoms in total. The molecule has 0 aromatic rings. The van der Waals surface area contributed by atoms with Gasteiger partial charge in [-0.05, 0) is 20.0 Å². The molecule has 0 saturated heterocycles. The van der Waals surface area contributed by atoms with E-state index >= 15 is 0 Å². The zero-order valence-electron chi connectivity index (χ0n) is 10.4. The van der Waals surface area contributed by atoms with E-state index in [0.29, 0.717) is 13.2 Å². The van der Waals surface area contributed by atoms with Gasteiger partial charge in [0.2, 0.25) is 5.91 Å². The molecule has 0 aliphatic carbocycles. The Balaban J connectivity index is 3.61. The normalized spacial score (nSPS) is 10.2. The highest BCUT2D eigenvalue weighted by molar-refractivity contribution is 5.94. The van der Waals surface area contributed by atoms with Gasteiger partial charge in [-0.25, -0.2) is 0 Å². The maximum atomic E-state index is 11.3. The second kappa shape index (κ2) is 9.15. The Hall–Kier alpha value is -1.10. The Kier molecular flexibility index (Phi) is 8.52. The molecule has 0 bridgehead atoms. The standard InChI is InChI=1S/C11H22N2O3/c1-4-13(5-2)8-7-12-10(14)9-11(15)16-6-3/h4-9H2,1-3H3,(H,12,14). The number of rotatable bonds is 8. The summed E-state index contributed by atoms with van der Waals surface area (Å²) in [6.07, 6.45) is -0.188. The molecule has 5 heteroatoms. The molecule has 94 valence electrons. The quantitative estimate of drug-likeness (QED) is 0.484. The van der Waals surface area contributed by atoms with Crippen LogP contribution in [-0.2, 0) is 14.3 Å². The minimum Gasteiger partial charge on any atom is -0.466 e. The molecule has 0 radical (unpaired) electrons. The second-order valence-corrected chi connectivity index (χ2v) is 3.36. The summed E-state index contributed by atoms with van der Waals surface area (Å²) >= 11 is 0. The van der Waals surface area contributed by atoms with Gasteiger partial charge in [0.1, 0.15) is 6.42 Å². The van der Waals surface area contributed by atoms with Crippen LogP contribution in [0.3, 0.4) is 0 Å². The molecule has 1 N–H and O–H groups in total. The highest BCUT2D eigenvalue weighted by Crippen LogP contribution is 1.88. The van der Waals surface area contributed by atoms with Crippen LogP contribution < -0.4 is 5.32 Å². The lowest BCUT2D eigenvalue weighted by Crippen LogP contribution is -2.35. The van der Waals surface area contributed by atoms with Crippen LogP contribution in [0, 0.1) is 0 Å². The van der Waals surface area contributed by atoms with Crippen molar-refractivity contribution >= 4 is 11.9 Å². The van der Waals surface area contributed by atoms with Crippen molar-refractivity contribution < 1.29 is 14.3 Å². The van der Waals surface area contributed by atoms with E-state index in [9.17, 15) is 9.59 Å². The van der Waals surface area contributed by atoms with E-state index in [0.717, 1.165) is 19.6 Å². The molecule has 0 aliphatic rings. The molecular weight excluding hydrogens is 208 g/mol. The Labute approximate surface area is 97.1 Å². The molecule has 0 aromatic carbocycles. The first-order valence-corrected chi connectivity index (χ1v) is 5.78. The third-order valence-corrected chi connectivity index (χ3v) is 2.25. The number of carbonyl (C=O) groups is 2. The van der Waals surface area contributed by atoms with E-state index in [4.69, 9.17) is 0 Å². The number of ether oxygens (including phenoxy) is 1. The fourth-order valence-electron chi connectivity index (χ4n) is 1.30. The number of likely N-dealkylation sites (N-methyl/N-ethyl adjacent to an activating group) is 1. The van der Waals surface area contributed by atoms with Crippen molar-refractivity contribution in [3.05, 3.63) is 0 Å². The van der Waals surface area contributed by atoms with E-state index in [1.165, 1.54) is 0 Å². The van der Waals surface area contributed by atoms with Crippen LogP contribution in [-0.4, -0.2) is 49.6 Å². The van der Waals surface area contributed by atoms with Gasteiger partial charge in [0, 0.05) is 13.1 Å². The molecule has 0 rings (SSSR count). The summed E-state index contributed by atoms with van der Waals surface area (Å²) in [5.41, 5.74) is 0. The van der Waals surface area contributed by atoms with E-state index in [-0.39, 0.29) is 12.3 Å². The van der Waals surface area contributed by atoms with Crippen LogP contribution in [0.2, 0.25) is 0 Å². The summed E-state index contributed by atoms with van der Waals surface area (Å²) in [6.45, 7) is 9.48. The predicted octanol–water partition coefficient (Wildman–Crippen LogP) is 0.398. The average Bonchev–Trinajstić information content (AvgIpc) is 2.24. The molecular formula is C11H22N2O3. The number of hydrogen-bond acceptors (Lipinski definition) is 4. The molecule has 0 atom stereocenters. The zero-order valence-corrected chi connectivity index (χ0v) is 10.4. The van der Waals surface area contributed by atoms with Crippen molar-refractivity contribution in [2.45, 2.75) is 27.2 Å². The molecule has 16 heavy (non-hydrogen) atoms. The van der Waals surface area contributed by atoms with Crippen LogP contribution in [0.4, 0.5) is 0 Å². The van der Waals surface area contributed by atoms with Gasteiger partial charge in [0.15, 0.2) is 0 Å². The van der Waals surface area contributed by atoms with Gasteiger partial charge in [0.25, 0.3) is 0 Å². The molecule has 0 spiro atoms. The predicted molar refractivity (Wildman–Crippen MR) is 62.0 cm³/mol. The van der Waals surface area contributed by atoms with Gasteiger partial charge in [-0.1, -0.05) is 13.8 Å². The number of nitrogens with zero attached hydrogens (tertiary/aromatic N) is 1. The highest BCUT2D eigenvalue weighted by atomic mass is 16.5. The molecule has 0 aromatic heterocycles. The molecule has 0 heterocycles. The highest BCUT2D eigenvalue weighted by Gasteiger charge is 2.09.